The van der Waals surface area contributed by atoms with Crippen LogP contribution in [-0.2, 0) is 12.8 Å². The number of aromatic nitrogens is 2. The van der Waals surface area contributed by atoms with Gasteiger partial charge in [-0.1, -0.05) is 12.1 Å². The van der Waals surface area contributed by atoms with Gasteiger partial charge in [0, 0.05) is 11.8 Å². The fourth-order valence-corrected chi connectivity index (χ4v) is 3.43. The number of hydrogen-bond acceptors (Lipinski definition) is 2. The van der Waals surface area contributed by atoms with E-state index < -0.39 is 5.97 Å². The Bertz CT molecular complexity index is 925. The van der Waals surface area contributed by atoms with Crippen LogP contribution in [0.5, 0.6) is 0 Å². The van der Waals surface area contributed by atoms with Crippen molar-refractivity contribution in [1.29, 1.82) is 0 Å². The van der Waals surface area contributed by atoms with Gasteiger partial charge < -0.3 is 5.11 Å². The molecule has 1 aliphatic carbocycles. The van der Waals surface area contributed by atoms with Crippen LogP contribution < -0.4 is 0 Å². The number of carboxylic acid groups (broad SMARTS) is 1. The first-order valence-corrected chi connectivity index (χ1v) is 7.97. The van der Waals surface area contributed by atoms with Crippen molar-refractivity contribution in [3.8, 4) is 11.3 Å². The first-order valence-electron chi connectivity index (χ1n) is 7.97. The van der Waals surface area contributed by atoms with Crippen molar-refractivity contribution in [3.63, 3.8) is 0 Å². The van der Waals surface area contributed by atoms with Crippen molar-refractivity contribution in [1.82, 2.24) is 9.38 Å². The highest BCUT2D eigenvalue weighted by Crippen LogP contribution is 2.30. The van der Waals surface area contributed by atoms with Crippen LogP contribution in [0.1, 0.15) is 40.0 Å². The van der Waals surface area contributed by atoms with E-state index in [2.05, 4.69) is 17.1 Å². The minimum absolute atomic E-state index is 0.232. The molecule has 0 saturated carbocycles. The van der Waals surface area contributed by atoms with Crippen LogP contribution in [0.25, 0.3) is 16.9 Å². The van der Waals surface area contributed by atoms with Crippen molar-refractivity contribution in [2.45, 2.75) is 32.6 Å². The lowest BCUT2D eigenvalue weighted by molar-refractivity contribution is 0.0690. The zero-order chi connectivity index (χ0) is 16.0. The maximum atomic E-state index is 11.8. The lowest BCUT2D eigenvalue weighted by atomic mass is 9.90. The predicted octanol–water partition coefficient (Wildman–Crippen LogP) is 3.89. The molecule has 0 atom stereocenters. The highest BCUT2D eigenvalue weighted by atomic mass is 16.4. The molecule has 2 aromatic heterocycles. The molecule has 0 aliphatic heterocycles. The van der Waals surface area contributed by atoms with E-state index in [0.29, 0.717) is 11.3 Å². The Kier molecular flexibility index (Phi) is 3.18. The van der Waals surface area contributed by atoms with E-state index in [4.69, 9.17) is 0 Å². The second-order valence-electron chi connectivity index (χ2n) is 6.24. The van der Waals surface area contributed by atoms with E-state index in [-0.39, 0.29) is 5.69 Å². The number of nitrogens with zero attached hydrogens (tertiary/aromatic N) is 2. The molecule has 116 valence electrons. The number of aryl methyl sites for hydroxylation is 3. The molecular formula is C19H18N2O2. The van der Waals surface area contributed by atoms with Gasteiger partial charge in [-0.3, -0.25) is 4.40 Å². The summed E-state index contributed by atoms with van der Waals surface area (Å²) >= 11 is 0. The summed E-state index contributed by atoms with van der Waals surface area (Å²) in [5.74, 6) is -0.950. The molecule has 0 amide bonds. The van der Waals surface area contributed by atoms with Crippen molar-refractivity contribution in [2.24, 2.45) is 0 Å². The summed E-state index contributed by atoms with van der Waals surface area (Å²) in [5, 5.41) is 9.66. The summed E-state index contributed by atoms with van der Waals surface area (Å²) in [5.41, 5.74) is 6.14. The molecule has 1 aromatic carbocycles. The largest absolute Gasteiger partial charge is 0.476 e. The van der Waals surface area contributed by atoms with Gasteiger partial charge in [0.25, 0.3) is 0 Å². The standard InChI is InChI=1S/C19H18N2O2/c1-12-8-9-21-16(10-12)20-17(18(21)19(22)23)15-7-6-13-4-2-3-5-14(13)11-15/h6-11H,2-5H2,1H3,(H,22,23). The first kappa shape index (κ1) is 14.0. The topological polar surface area (TPSA) is 54.6 Å². The number of aromatic carboxylic acids is 1. The number of hydrogen-bond donors (Lipinski definition) is 1. The quantitative estimate of drug-likeness (QED) is 0.781. The minimum atomic E-state index is -0.950. The van der Waals surface area contributed by atoms with Crippen molar-refractivity contribution < 1.29 is 9.90 Å². The Balaban J connectivity index is 1.94. The summed E-state index contributed by atoms with van der Waals surface area (Å²) in [7, 11) is 0. The SMILES string of the molecule is Cc1ccn2c(C(=O)O)c(-c3ccc4c(c3)CCCC4)nc2c1. The van der Waals surface area contributed by atoms with Crippen LogP contribution >= 0.6 is 0 Å². The maximum Gasteiger partial charge on any atom is 0.355 e. The van der Waals surface area contributed by atoms with E-state index in [9.17, 15) is 9.90 Å². The molecule has 0 bridgehead atoms. The van der Waals surface area contributed by atoms with Crippen molar-refractivity contribution in [3.05, 3.63) is 58.9 Å². The average molecular weight is 306 g/mol. The number of imidazole rings is 1. The summed E-state index contributed by atoms with van der Waals surface area (Å²) in [6.45, 7) is 1.98. The Hall–Kier alpha value is -2.62. The van der Waals surface area contributed by atoms with Crippen molar-refractivity contribution >= 4 is 11.6 Å². The third-order valence-corrected chi connectivity index (χ3v) is 4.61. The van der Waals surface area contributed by atoms with Gasteiger partial charge in [-0.15, -0.1) is 0 Å². The number of carboxylic acids is 1. The second kappa shape index (κ2) is 5.23. The molecule has 0 fully saturated rings. The lowest BCUT2D eigenvalue weighted by Crippen LogP contribution is -2.05. The molecule has 1 N–H and O–H groups in total. The highest BCUT2D eigenvalue weighted by molar-refractivity contribution is 5.94. The number of carbonyl (C=O) groups is 1. The zero-order valence-electron chi connectivity index (χ0n) is 13.0. The summed E-state index contributed by atoms with van der Waals surface area (Å²) in [6, 6.07) is 10.1. The molecule has 4 rings (SSSR count). The van der Waals surface area contributed by atoms with Gasteiger partial charge in [0.1, 0.15) is 11.3 Å². The van der Waals surface area contributed by atoms with Crippen LogP contribution in [0.3, 0.4) is 0 Å². The van der Waals surface area contributed by atoms with Gasteiger partial charge in [-0.2, -0.15) is 0 Å². The van der Waals surface area contributed by atoms with Gasteiger partial charge in [0.15, 0.2) is 5.69 Å². The Morgan fingerprint density at radius 2 is 1.91 bits per heavy atom. The van der Waals surface area contributed by atoms with Gasteiger partial charge in [-0.05, 0) is 67.5 Å². The number of rotatable bonds is 2. The van der Waals surface area contributed by atoms with Crippen molar-refractivity contribution in [2.75, 3.05) is 0 Å². The van der Waals surface area contributed by atoms with Gasteiger partial charge in [0.05, 0.1) is 0 Å². The second-order valence-corrected chi connectivity index (χ2v) is 6.24. The van der Waals surface area contributed by atoms with E-state index in [1.807, 2.05) is 25.1 Å². The summed E-state index contributed by atoms with van der Waals surface area (Å²) in [4.78, 5) is 16.4. The predicted molar refractivity (Wildman–Crippen MR) is 89.0 cm³/mol. The molecule has 4 nitrogen and oxygen atoms in total. The highest BCUT2D eigenvalue weighted by Gasteiger charge is 2.21. The normalized spacial score (nSPS) is 14.0. The third kappa shape index (κ3) is 2.31. The summed E-state index contributed by atoms with van der Waals surface area (Å²) < 4.78 is 1.66. The number of benzene rings is 1. The summed E-state index contributed by atoms with van der Waals surface area (Å²) in [6.07, 6.45) is 6.40. The number of fused-ring (bicyclic) bond motifs is 2. The molecule has 2 heterocycles. The molecule has 4 heteroatoms. The molecule has 1 aliphatic rings. The van der Waals surface area contributed by atoms with Crippen LogP contribution in [0.15, 0.2) is 36.5 Å². The van der Waals surface area contributed by atoms with Crippen LogP contribution in [0.2, 0.25) is 0 Å². The maximum absolute atomic E-state index is 11.8. The molecule has 0 spiro atoms. The Morgan fingerprint density at radius 1 is 1.13 bits per heavy atom. The first-order chi connectivity index (χ1) is 11.1. The van der Waals surface area contributed by atoms with E-state index in [0.717, 1.165) is 24.0 Å². The van der Waals surface area contributed by atoms with Gasteiger partial charge in [0.2, 0.25) is 0 Å². The van der Waals surface area contributed by atoms with Crippen LogP contribution in [0.4, 0.5) is 0 Å². The fraction of sp³-hybridized carbons (Fsp3) is 0.263. The van der Waals surface area contributed by atoms with E-state index in [1.54, 1.807) is 10.6 Å². The fourth-order valence-electron chi connectivity index (χ4n) is 3.43. The molecule has 3 aromatic rings. The molecule has 0 unspecified atom stereocenters. The zero-order valence-corrected chi connectivity index (χ0v) is 13.0. The van der Waals surface area contributed by atoms with Gasteiger partial charge in [-0.25, -0.2) is 9.78 Å². The smallest absolute Gasteiger partial charge is 0.355 e. The average Bonchev–Trinajstić information content (AvgIpc) is 2.93. The van der Waals surface area contributed by atoms with Crippen LogP contribution in [-0.4, -0.2) is 20.5 Å². The third-order valence-electron chi connectivity index (χ3n) is 4.61. The Morgan fingerprint density at radius 3 is 2.70 bits per heavy atom. The minimum Gasteiger partial charge on any atom is -0.476 e. The molecule has 0 radical (unpaired) electrons. The lowest BCUT2D eigenvalue weighted by Gasteiger charge is -2.16. The monoisotopic (exact) mass is 306 g/mol. The molecular weight excluding hydrogens is 288 g/mol. The number of pyridine rings is 1. The van der Waals surface area contributed by atoms with E-state index >= 15 is 0 Å². The van der Waals surface area contributed by atoms with Gasteiger partial charge >= 0.3 is 5.97 Å². The van der Waals surface area contributed by atoms with E-state index in [1.165, 1.54) is 24.0 Å². The Labute approximate surface area is 134 Å². The molecule has 0 saturated heterocycles. The molecule has 23 heavy (non-hydrogen) atoms. The van der Waals surface area contributed by atoms with Crippen LogP contribution in [0, 0.1) is 6.92 Å².